The summed E-state index contributed by atoms with van der Waals surface area (Å²) in [6, 6.07) is 6.91. The van der Waals surface area contributed by atoms with Crippen LogP contribution in [0.2, 0.25) is 0 Å². The van der Waals surface area contributed by atoms with Crippen LogP contribution in [0.5, 0.6) is 5.75 Å². The van der Waals surface area contributed by atoms with Crippen LogP contribution in [0.1, 0.15) is 76.8 Å². The molecule has 0 spiro atoms. The normalized spacial score (nSPS) is 19.0. The van der Waals surface area contributed by atoms with E-state index in [0.29, 0.717) is 17.8 Å². The van der Waals surface area contributed by atoms with Crippen molar-refractivity contribution >= 4 is 0 Å². The molecule has 1 aliphatic rings. The van der Waals surface area contributed by atoms with E-state index < -0.39 is 0 Å². The molecule has 0 bridgehead atoms. The second kappa shape index (κ2) is 7.50. The molecule has 1 unspecified atom stereocenters. The van der Waals surface area contributed by atoms with E-state index in [1.807, 2.05) is 0 Å². The zero-order valence-electron chi connectivity index (χ0n) is 14.9. The summed E-state index contributed by atoms with van der Waals surface area (Å²) in [4.78, 5) is 0. The molecule has 1 aliphatic carbocycles. The Bertz CT molecular complexity index is 477. The summed E-state index contributed by atoms with van der Waals surface area (Å²) in [5, 5.41) is 0. The van der Waals surface area contributed by atoms with Gasteiger partial charge in [0.25, 0.3) is 0 Å². The molecule has 1 aromatic carbocycles. The van der Waals surface area contributed by atoms with Crippen molar-refractivity contribution in [3.05, 3.63) is 29.3 Å². The third kappa shape index (κ3) is 4.25. The van der Waals surface area contributed by atoms with Crippen LogP contribution in [0.15, 0.2) is 18.2 Å². The van der Waals surface area contributed by atoms with Gasteiger partial charge in [-0.1, -0.05) is 45.9 Å². The summed E-state index contributed by atoms with van der Waals surface area (Å²) >= 11 is 0. The summed E-state index contributed by atoms with van der Waals surface area (Å²) < 4.78 is 6.29. The van der Waals surface area contributed by atoms with Crippen LogP contribution in [-0.4, -0.2) is 12.6 Å². The smallest absolute Gasteiger partial charge is 0.126 e. The molecule has 0 aliphatic heterocycles. The highest BCUT2D eigenvalue weighted by atomic mass is 16.5. The Balaban J connectivity index is 2.14. The van der Waals surface area contributed by atoms with Gasteiger partial charge < -0.3 is 10.5 Å². The lowest BCUT2D eigenvalue weighted by Crippen LogP contribution is -2.25. The Hall–Kier alpha value is -1.02. The molecule has 3 atom stereocenters. The maximum Gasteiger partial charge on any atom is 0.126 e. The van der Waals surface area contributed by atoms with E-state index in [2.05, 4.69) is 52.8 Å². The fraction of sp³-hybridized carbons (Fsp3) is 0.700. The van der Waals surface area contributed by atoms with Gasteiger partial charge in [0.05, 0.1) is 6.61 Å². The minimum atomic E-state index is 0.230. The molecule has 1 aromatic rings. The molecule has 2 N–H and O–H groups in total. The molecule has 2 rings (SSSR count). The van der Waals surface area contributed by atoms with Gasteiger partial charge in [0.15, 0.2) is 0 Å². The molecule has 2 heteroatoms. The summed E-state index contributed by atoms with van der Waals surface area (Å²) in [6.07, 6.45) is 3.75. The van der Waals surface area contributed by atoms with E-state index in [1.54, 1.807) is 0 Å². The lowest BCUT2D eigenvalue weighted by molar-refractivity contribution is 0.266. The van der Waals surface area contributed by atoms with Gasteiger partial charge in [-0.15, -0.1) is 0 Å². The quantitative estimate of drug-likeness (QED) is 0.727. The van der Waals surface area contributed by atoms with Crippen molar-refractivity contribution in [1.82, 2.24) is 0 Å². The first-order chi connectivity index (χ1) is 10.4. The molecule has 0 heterocycles. The minimum Gasteiger partial charge on any atom is -0.493 e. The molecule has 124 valence electrons. The average molecular weight is 303 g/mol. The molecule has 2 nitrogen and oxygen atoms in total. The zero-order chi connectivity index (χ0) is 16.3. The van der Waals surface area contributed by atoms with Crippen LogP contribution in [-0.2, 0) is 0 Å². The third-order valence-corrected chi connectivity index (χ3v) is 5.23. The van der Waals surface area contributed by atoms with Crippen molar-refractivity contribution in [1.29, 1.82) is 0 Å². The third-order valence-electron chi connectivity index (χ3n) is 5.23. The van der Waals surface area contributed by atoms with Gasteiger partial charge >= 0.3 is 0 Å². The van der Waals surface area contributed by atoms with Crippen molar-refractivity contribution in [2.45, 2.75) is 71.8 Å². The molecule has 0 aromatic heterocycles. The van der Waals surface area contributed by atoms with E-state index in [0.717, 1.165) is 24.7 Å². The molecule has 0 radical (unpaired) electrons. The zero-order valence-corrected chi connectivity index (χ0v) is 14.9. The van der Waals surface area contributed by atoms with Gasteiger partial charge in [-0.25, -0.2) is 0 Å². The standard InChI is InChI=1S/C20H33NO/c1-13(2)18-7-6-8-19(15(4)17-9-10-17)20(18)22-12-11-14(3)16(5)21/h6-8,13-17H,9-12,21H2,1-5H3/t14?,15-,16+/m1/s1. The summed E-state index contributed by atoms with van der Waals surface area (Å²) in [5.41, 5.74) is 8.71. The fourth-order valence-electron chi connectivity index (χ4n) is 3.01. The van der Waals surface area contributed by atoms with Crippen molar-refractivity contribution in [3.63, 3.8) is 0 Å². The highest BCUT2D eigenvalue weighted by molar-refractivity contribution is 5.45. The molecular formula is C20H33NO. The van der Waals surface area contributed by atoms with Crippen LogP contribution < -0.4 is 10.5 Å². The first-order valence-corrected chi connectivity index (χ1v) is 8.93. The topological polar surface area (TPSA) is 35.2 Å². The second-order valence-electron chi connectivity index (χ2n) is 7.52. The maximum absolute atomic E-state index is 6.29. The Morgan fingerprint density at radius 1 is 1.09 bits per heavy atom. The molecular weight excluding hydrogens is 270 g/mol. The number of hydrogen-bond donors (Lipinski definition) is 1. The van der Waals surface area contributed by atoms with E-state index in [9.17, 15) is 0 Å². The predicted octanol–water partition coefficient (Wildman–Crippen LogP) is 5.08. The number of benzene rings is 1. The average Bonchev–Trinajstić information content (AvgIpc) is 3.30. The largest absolute Gasteiger partial charge is 0.493 e. The highest BCUT2D eigenvalue weighted by Gasteiger charge is 2.31. The van der Waals surface area contributed by atoms with Crippen LogP contribution in [0.25, 0.3) is 0 Å². The predicted molar refractivity (Wildman–Crippen MR) is 94.6 cm³/mol. The monoisotopic (exact) mass is 303 g/mol. The Kier molecular flexibility index (Phi) is 5.91. The van der Waals surface area contributed by atoms with Crippen molar-refractivity contribution in [2.24, 2.45) is 17.6 Å². The van der Waals surface area contributed by atoms with Gasteiger partial charge in [0.2, 0.25) is 0 Å². The Morgan fingerprint density at radius 2 is 1.73 bits per heavy atom. The van der Waals surface area contributed by atoms with Crippen molar-refractivity contribution in [2.75, 3.05) is 6.61 Å². The van der Waals surface area contributed by atoms with E-state index in [1.165, 1.54) is 24.0 Å². The highest BCUT2D eigenvalue weighted by Crippen LogP contribution is 2.46. The number of nitrogens with two attached hydrogens (primary N) is 1. The minimum absolute atomic E-state index is 0.230. The number of para-hydroxylation sites is 1. The molecule has 0 saturated heterocycles. The Morgan fingerprint density at radius 3 is 2.27 bits per heavy atom. The summed E-state index contributed by atoms with van der Waals surface area (Å²) in [7, 11) is 0. The van der Waals surface area contributed by atoms with Gasteiger partial charge in [-0.2, -0.15) is 0 Å². The number of ether oxygens (including phenoxy) is 1. The van der Waals surface area contributed by atoms with Crippen LogP contribution in [0.4, 0.5) is 0 Å². The molecule has 1 saturated carbocycles. The van der Waals surface area contributed by atoms with Gasteiger partial charge in [-0.3, -0.25) is 0 Å². The van der Waals surface area contributed by atoms with Crippen molar-refractivity contribution < 1.29 is 4.74 Å². The Labute approximate surface area is 136 Å². The van der Waals surface area contributed by atoms with Crippen molar-refractivity contribution in [3.8, 4) is 5.75 Å². The maximum atomic E-state index is 6.29. The fourth-order valence-corrected chi connectivity index (χ4v) is 3.01. The number of rotatable bonds is 8. The molecule has 0 amide bonds. The summed E-state index contributed by atoms with van der Waals surface area (Å²) in [5.74, 6) is 3.60. The number of hydrogen-bond acceptors (Lipinski definition) is 2. The van der Waals surface area contributed by atoms with Crippen LogP contribution in [0.3, 0.4) is 0 Å². The van der Waals surface area contributed by atoms with E-state index in [-0.39, 0.29) is 6.04 Å². The summed E-state index contributed by atoms with van der Waals surface area (Å²) in [6.45, 7) is 11.9. The van der Waals surface area contributed by atoms with E-state index >= 15 is 0 Å². The molecule has 22 heavy (non-hydrogen) atoms. The SMILES string of the molecule is CC(C)c1cccc([C@H](C)C2CC2)c1OCCC(C)[C@H](C)N. The first-order valence-electron chi connectivity index (χ1n) is 8.93. The van der Waals surface area contributed by atoms with Gasteiger partial charge in [0, 0.05) is 6.04 Å². The first kappa shape index (κ1) is 17.3. The van der Waals surface area contributed by atoms with E-state index in [4.69, 9.17) is 10.5 Å². The lowest BCUT2D eigenvalue weighted by Gasteiger charge is -2.23. The van der Waals surface area contributed by atoms with Crippen LogP contribution in [0, 0.1) is 11.8 Å². The van der Waals surface area contributed by atoms with Gasteiger partial charge in [0.1, 0.15) is 5.75 Å². The molecule has 1 fully saturated rings. The lowest BCUT2D eigenvalue weighted by atomic mass is 9.90. The second-order valence-corrected chi connectivity index (χ2v) is 7.52. The van der Waals surface area contributed by atoms with Crippen LogP contribution >= 0.6 is 0 Å². The van der Waals surface area contributed by atoms with Gasteiger partial charge in [-0.05, 0) is 61.0 Å².